The summed E-state index contributed by atoms with van der Waals surface area (Å²) < 4.78 is 14.1. The van der Waals surface area contributed by atoms with E-state index < -0.39 is 11.1 Å². The summed E-state index contributed by atoms with van der Waals surface area (Å²) in [5.41, 5.74) is -0.493. The van der Waals surface area contributed by atoms with Gasteiger partial charge in [0.25, 0.3) is 0 Å². The van der Waals surface area contributed by atoms with Crippen LogP contribution < -0.4 is 5.32 Å². The zero-order chi connectivity index (χ0) is 20.1. The number of urea groups is 1. The van der Waals surface area contributed by atoms with Crippen molar-refractivity contribution in [3.63, 3.8) is 0 Å². The summed E-state index contributed by atoms with van der Waals surface area (Å²) in [5.74, 6) is -0.321. The largest absolute Gasteiger partial charge is 0.388 e. The van der Waals surface area contributed by atoms with Crippen LogP contribution in [0.4, 0.5) is 9.18 Å². The molecule has 27 heavy (non-hydrogen) atoms. The second-order valence-corrected chi connectivity index (χ2v) is 8.07. The predicted octanol–water partition coefficient (Wildman–Crippen LogP) is 3.38. The van der Waals surface area contributed by atoms with Crippen molar-refractivity contribution in [2.24, 2.45) is 0 Å². The second-order valence-electron chi connectivity index (χ2n) is 8.07. The summed E-state index contributed by atoms with van der Waals surface area (Å²) in [5, 5.41) is 13.5. The highest BCUT2D eigenvalue weighted by Gasteiger charge is 2.40. The lowest BCUT2D eigenvalue weighted by molar-refractivity contribution is -0.0520. The molecule has 1 saturated heterocycles. The molecule has 2 rings (SSSR count). The number of likely N-dealkylation sites (N-methyl/N-ethyl adjacent to an activating group) is 1. The molecule has 0 spiro atoms. The molecule has 0 aromatic rings. The Labute approximate surface area is 162 Å². The maximum Gasteiger partial charge on any atom is 0.317 e. The maximum atomic E-state index is 14.1. The Balaban J connectivity index is 2.24. The third kappa shape index (κ3) is 5.20. The molecule has 0 bridgehead atoms. The van der Waals surface area contributed by atoms with Gasteiger partial charge in [-0.2, -0.15) is 0 Å². The van der Waals surface area contributed by atoms with E-state index in [9.17, 15) is 14.3 Å². The number of allylic oxidation sites excluding steroid dienone is 3. The van der Waals surface area contributed by atoms with E-state index in [2.05, 4.69) is 16.8 Å². The van der Waals surface area contributed by atoms with Crippen molar-refractivity contribution in [3.05, 3.63) is 36.2 Å². The van der Waals surface area contributed by atoms with Crippen molar-refractivity contribution in [1.29, 1.82) is 0 Å². The summed E-state index contributed by atoms with van der Waals surface area (Å²) >= 11 is 0. The van der Waals surface area contributed by atoms with Gasteiger partial charge in [0.2, 0.25) is 0 Å². The van der Waals surface area contributed by atoms with E-state index in [0.29, 0.717) is 31.6 Å². The molecular formula is C21H34FN3O2. The van der Waals surface area contributed by atoms with Gasteiger partial charge < -0.3 is 15.3 Å². The van der Waals surface area contributed by atoms with Crippen LogP contribution in [0.1, 0.15) is 45.4 Å². The van der Waals surface area contributed by atoms with E-state index >= 15 is 0 Å². The first-order valence-electron chi connectivity index (χ1n) is 9.84. The SMILES string of the molecule is C=C(/C=C(F)\C=C/C)[C@]1(N(C)C)CCCNC(=O)N(CC2(O)CCC2)CC1. The van der Waals surface area contributed by atoms with Gasteiger partial charge in [-0.05, 0) is 77.3 Å². The van der Waals surface area contributed by atoms with Gasteiger partial charge in [0, 0.05) is 18.6 Å². The number of β-amino-alcohol motifs (C(OH)–C–C–N with tert-alkyl or cyclic N) is 1. The highest BCUT2D eigenvalue weighted by atomic mass is 19.1. The average Bonchev–Trinajstić information content (AvgIpc) is 2.64. The highest BCUT2D eigenvalue weighted by Crippen LogP contribution is 2.35. The number of carbonyl (C=O) groups excluding carboxylic acids is 1. The monoisotopic (exact) mass is 379 g/mol. The lowest BCUT2D eigenvalue weighted by Gasteiger charge is -2.44. The topological polar surface area (TPSA) is 55.8 Å². The lowest BCUT2D eigenvalue weighted by Crippen LogP contribution is -2.54. The van der Waals surface area contributed by atoms with Crippen LogP contribution in [-0.4, -0.2) is 65.8 Å². The number of nitrogens with zero attached hydrogens (tertiary/aromatic N) is 2. The van der Waals surface area contributed by atoms with Crippen LogP contribution in [0.2, 0.25) is 0 Å². The third-order valence-corrected chi connectivity index (χ3v) is 5.99. The smallest absolute Gasteiger partial charge is 0.317 e. The van der Waals surface area contributed by atoms with Crippen LogP contribution >= 0.6 is 0 Å². The Morgan fingerprint density at radius 1 is 1.33 bits per heavy atom. The van der Waals surface area contributed by atoms with E-state index in [0.717, 1.165) is 32.1 Å². The standard InChI is InChI=1S/C21H34FN3O2/c1-5-8-18(22)15-17(2)21(24(3)4)11-7-13-23-19(26)25(14-12-21)16-20(27)9-6-10-20/h5,8,15,27H,2,6-7,9-14,16H2,1,3-4H3,(H,23,26)/b8-5-,18-15+/t21-/m0/s1. The molecule has 2 N–H and O–H groups in total. The number of rotatable bonds is 6. The van der Waals surface area contributed by atoms with E-state index in [4.69, 9.17) is 0 Å². The third-order valence-electron chi connectivity index (χ3n) is 5.99. The molecule has 2 amide bonds. The lowest BCUT2D eigenvalue weighted by atomic mass is 9.79. The number of aliphatic hydroxyl groups is 1. The molecule has 0 unspecified atom stereocenters. The van der Waals surface area contributed by atoms with Gasteiger partial charge in [-0.25, -0.2) is 9.18 Å². The molecule has 2 fully saturated rings. The molecular weight excluding hydrogens is 345 g/mol. The van der Waals surface area contributed by atoms with Crippen LogP contribution in [0.25, 0.3) is 0 Å². The van der Waals surface area contributed by atoms with Crippen LogP contribution in [0.15, 0.2) is 36.2 Å². The van der Waals surface area contributed by atoms with E-state index in [1.54, 1.807) is 17.9 Å². The molecule has 1 aliphatic carbocycles. The summed E-state index contributed by atoms with van der Waals surface area (Å²) in [6.07, 6.45) is 9.25. The number of hydrogen-bond acceptors (Lipinski definition) is 3. The summed E-state index contributed by atoms with van der Waals surface area (Å²) in [7, 11) is 3.95. The summed E-state index contributed by atoms with van der Waals surface area (Å²) in [6, 6.07) is -0.133. The number of carbonyl (C=O) groups is 1. The number of nitrogens with one attached hydrogen (secondary N) is 1. The Morgan fingerprint density at radius 2 is 2.04 bits per heavy atom. The fourth-order valence-electron chi connectivity index (χ4n) is 4.05. The van der Waals surface area contributed by atoms with Gasteiger partial charge in [-0.15, -0.1) is 0 Å². The van der Waals surface area contributed by atoms with Crippen molar-refractivity contribution < 1.29 is 14.3 Å². The van der Waals surface area contributed by atoms with Crippen molar-refractivity contribution in [2.45, 2.75) is 56.6 Å². The minimum absolute atomic E-state index is 0.133. The molecule has 1 saturated carbocycles. The molecule has 1 atom stereocenters. The fraction of sp³-hybridized carbons (Fsp3) is 0.667. The minimum atomic E-state index is -0.763. The first kappa shape index (κ1) is 21.6. The normalized spacial score (nSPS) is 27.0. The van der Waals surface area contributed by atoms with Gasteiger partial charge in [0.15, 0.2) is 0 Å². The number of hydrogen-bond donors (Lipinski definition) is 2. The molecule has 2 aliphatic rings. The Kier molecular flexibility index (Phi) is 7.23. The highest BCUT2D eigenvalue weighted by molar-refractivity contribution is 5.74. The minimum Gasteiger partial charge on any atom is -0.388 e. The molecule has 0 aromatic heterocycles. The van der Waals surface area contributed by atoms with E-state index in [-0.39, 0.29) is 11.9 Å². The van der Waals surface area contributed by atoms with Crippen LogP contribution in [0.3, 0.4) is 0 Å². The van der Waals surface area contributed by atoms with Crippen LogP contribution in [0.5, 0.6) is 0 Å². The molecule has 5 nitrogen and oxygen atoms in total. The molecule has 6 heteroatoms. The molecule has 152 valence electrons. The van der Waals surface area contributed by atoms with Crippen LogP contribution in [0, 0.1) is 0 Å². The Hall–Kier alpha value is -1.66. The zero-order valence-corrected chi connectivity index (χ0v) is 16.9. The molecule has 0 radical (unpaired) electrons. The van der Waals surface area contributed by atoms with Crippen molar-refractivity contribution in [3.8, 4) is 0 Å². The predicted molar refractivity (Wildman–Crippen MR) is 107 cm³/mol. The van der Waals surface area contributed by atoms with Gasteiger partial charge in [-0.1, -0.05) is 12.7 Å². The van der Waals surface area contributed by atoms with Crippen molar-refractivity contribution >= 4 is 6.03 Å². The van der Waals surface area contributed by atoms with Gasteiger partial charge in [0.05, 0.1) is 12.1 Å². The number of halogens is 1. The average molecular weight is 380 g/mol. The first-order chi connectivity index (χ1) is 12.7. The quantitative estimate of drug-likeness (QED) is 0.696. The zero-order valence-electron chi connectivity index (χ0n) is 16.9. The van der Waals surface area contributed by atoms with E-state index in [1.807, 2.05) is 14.1 Å². The van der Waals surface area contributed by atoms with Gasteiger partial charge >= 0.3 is 6.03 Å². The van der Waals surface area contributed by atoms with E-state index in [1.165, 1.54) is 12.2 Å². The van der Waals surface area contributed by atoms with Gasteiger partial charge in [0.1, 0.15) is 5.83 Å². The fourth-order valence-corrected chi connectivity index (χ4v) is 4.05. The van der Waals surface area contributed by atoms with Crippen molar-refractivity contribution in [1.82, 2.24) is 15.1 Å². The number of amides is 2. The van der Waals surface area contributed by atoms with Crippen LogP contribution in [-0.2, 0) is 0 Å². The first-order valence-corrected chi connectivity index (χ1v) is 9.84. The summed E-state index contributed by atoms with van der Waals surface area (Å²) in [4.78, 5) is 16.3. The van der Waals surface area contributed by atoms with Gasteiger partial charge in [-0.3, -0.25) is 4.90 Å². The molecule has 1 heterocycles. The van der Waals surface area contributed by atoms with Crippen molar-refractivity contribution in [2.75, 3.05) is 33.7 Å². The molecule has 0 aromatic carbocycles. The maximum absolute atomic E-state index is 14.1. The second kappa shape index (κ2) is 9.02. The molecule has 1 aliphatic heterocycles. The summed E-state index contributed by atoms with van der Waals surface area (Å²) in [6.45, 7) is 7.34. The Bertz CT molecular complexity index is 611. The Morgan fingerprint density at radius 3 is 2.59 bits per heavy atom.